The second-order valence-electron chi connectivity index (χ2n) is 2.91. The molecular formula is C14H20. The van der Waals surface area contributed by atoms with Crippen molar-refractivity contribution in [2.24, 2.45) is 0 Å². The summed E-state index contributed by atoms with van der Waals surface area (Å²) in [6.07, 6.45) is 10.0. The molecule has 0 unspecified atom stereocenters. The molecule has 0 radical (unpaired) electrons. The molecule has 1 aliphatic carbocycles. The van der Waals surface area contributed by atoms with Gasteiger partial charge < -0.3 is 0 Å². The third-order valence-corrected chi connectivity index (χ3v) is 1.82. The van der Waals surface area contributed by atoms with Crippen molar-refractivity contribution in [3.05, 3.63) is 61.7 Å². The molecule has 0 N–H and O–H groups in total. The minimum absolute atomic E-state index is 1.32. The molecule has 1 aromatic rings. The van der Waals surface area contributed by atoms with Crippen molar-refractivity contribution in [2.75, 3.05) is 0 Å². The molecule has 0 saturated carbocycles. The summed E-state index contributed by atoms with van der Waals surface area (Å²) in [6.45, 7) is 6.00. The van der Waals surface area contributed by atoms with E-state index in [2.05, 4.69) is 25.3 Å². The summed E-state index contributed by atoms with van der Waals surface area (Å²) >= 11 is 0. The van der Waals surface area contributed by atoms with Gasteiger partial charge >= 0.3 is 0 Å². The highest BCUT2D eigenvalue weighted by molar-refractivity contribution is 4.99. The van der Waals surface area contributed by atoms with Crippen LogP contribution < -0.4 is 0 Å². The molecule has 14 heavy (non-hydrogen) atoms. The number of benzene rings is 1. The fraction of sp³-hybridized carbons (Fsp3) is 0.286. The molecule has 0 atom stereocenters. The molecule has 0 spiro atoms. The van der Waals surface area contributed by atoms with Gasteiger partial charge in [0.1, 0.15) is 0 Å². The van der Waals surface area contributed by atoms with Crippen LogP contribution in [0.3, 0.4) is 0 Å². The molecule has 0 nitrogen and oxygen atoms in total. The van der Waals surface area contributed by atoms with Crippen LogP contribution in [0.25, 0.3) is 0 Å². The monoisotopic (exact) mass is 188 g/mol. The third-order valence-electron chi connectivity index (χ3n) is 1.82. The average Bonchev–Trinajstić information content (AvgIpc) is 2.37. The van der Waals surface area contributed by atoms with Crippen molar-refractivity contribution in [1.29, 1.82) is 0 Å². The van der Waals surface area contributed by atoms with E-state index in [1.807, 2.05) is 36.4 Å². The molecule has 0 aromatic heterocycles. The number of allylic oxidation sites excluding steroid dienone is 2. The lowest BCUT2D eigenvalue weighted by atomic mass is 10.1. The highest BCUT2D eigenvalue weighted by Crippen LogP contribution is 2.07. The van der Waals surface area contributed by atoms with Crippen LogP contribution in [0.4, 0.5) is 0 Å². The Morgan fingerprint density at radius 3 is 1.00 bits per heavy atom. The summed E-state index contributed by atoms with van der Waals surface area (Å²) in [6, 6.07) is 12.0. The Hall–Kier alpha value is -1.30. The van der Waals surface area contributed by atoms with Gasteiger partial charge in [0.15, 0.2) is 0 Å². The van der Waals surface area contributed by atoms with Crippen LogP contribution in [-0.4, -0.2) is 0 Å². The zero-order valence-corrected chi connectivity index (χ0v) is 8.86. The standard InChI is InChI=1S/C6H10.C6H6.C2H4/c2*1-2-4-6-5-3-1;1-2/h1-2H,3-6H2;1-6H;1-2H2. The van der Waals surface area contributed by atoms with E-state index in [0.717, 1.165) is 0 Å². The predicted octanol–water partition coefficient (Wildman–Crippen LogP) is 4.61. The van der Waals surface area contributed by atoms with Gasteiger partial charge in [0.05, 0.1) is 0 Å². The molecule has 1 aliphatic rings. The Kier molecular flexibility index (Phi) is 10.6. The number of hydrogen-bond acceptors (Lipinski definition) is 0. The Morgan fingerprint density at radius 2 is 0.857 bits per heavy atom. The van der Waals surface area contributed by atoms with Crippen molar-refractivity contribution < 1.29 is 0 Å². The molecule has 2 rings (SSSR count). The average molecular weight is 188 g/mol. The lowest BCUT2D eigenvalue weighted by Crippen LogP contribution is -1.77. The van der Waals surface area contributed by atoms with Gasteiger partial charge in [-0.25, -0.2) is 0 Å². The molecule has 0 fully saturated rings. The summed E-state index contributed by atoms with van der Waals surface area (Å²) in [7, 11) is 0. The minimum Gasteiger partial charge on any atom is -0.106 e. The molecule has 76 valence electrons. The van der Waals surface area contributed by atoms with Crippen LogP contribution in [-0.2, 0) is 0 Å². The van der Waals surface area contributed by atoms with E-state index in [0.29, 0.717) is 0 Å². The molecule has 0 heteroatoms. The Bertz CT molecular complexity index is 176. The van der Waals surface area contributed by atoms with Crippen LogP contribution >= 0.6 is 0 Å². The van der Waals surface area contributed by atoms with E-state index in [9.17, 15) is 0 Å². The molecule has 0 heterocycles. The maximum absolute atomic E-state index is 3.00. The SMILES string of the molecule is C1=CCCCC1.C=C.c1ccccc1. The lowest BCUT2D eigenvalue weighted by molar-refractivity contribution is 0.730. The van der Waals surface area contributed by atoms with Crippen LogP contribution in [0.5, 0.6) is 0 Å². The van der Waals surface area contributed by atoms with Gasteiger partial charge in [-0.05, 0) is 25.7 Å². The second kappa shape index (κ2) is 11.7. The minimum atomic E-state index is 1.32. The summed E-state index contributed by atoms with van der Waals surface area (Å²) in [5, 5.41) is 0. The van der Waals surface area contributed by atoms with Crippen LogP contribution in [0.2, 0.25) is 0 Å². The van der Waals surface area contributed by atoms with E-state index in [1.165, 1.54) is 25.7 Å². The van der Waals surface area contributed by atoms with Crippen LogP contribution in [0, 0.1) is 0 Å². The van der Waals surface area contributed by atoms with Crippen LogP contribution in [0.1, 0.15) is 25.7 Å². The van der Waals surface area contributed by atoms with Crippen molar-refractivity contribution in [3.8, 4) is 0 Å². The molecule has 0 bridgehead atoms. The van der Waals surface area contributed by atoms with Gasteiger partial charge in [0.2, 0.25) is 0 Å². The third kappa shape index (κ3) is 8.79. The fourth-order valence-electron chi connectivity index (χ4n) is 1.14. The Balaban J connectivity index is 0.000000206. The van der Waals surface area contributed by atoms with Gasteiger partial charge in [0, 0.05) is 0 Å². The first kappa shape index (κ1) is 12.7. The first-order chi connectivity index (χ1) is 7.00. The fourth-order valence-corrected chi connectivity index (χ4v) is 1.14. The van der Waals surface area contributed by atoms with Gasteiger partial charge in [-0.1, -0.05) is 48.6 Å². The highest BCUT2D eigenvalue weighted by Gasteiger charge is 1.87. The van der Waals surface area contributed by atoms with E-state index < -0.39 is 0 Å². The number of hydrogen-bond donors (Lipinski definition) is 0. The normalized spacial score (nSPS) is 12.9. The molecular weight excluding hydrogens is 168 g/mol. The molecule has 0 aliphatic heterocycles. The summed E-state index contributed by atoms with van der Waals surface area (Å²) in [5.41, 5.74) is 0. The predicted molar refractivity (Wildman–Crippen MR) is 65.3 cm³/mol. The first-order valence-corrected chi connectivity index (χ1v) is 5.15. The first-order valence-electron chi connectivity index (χ1n) is 5.15. The lowest BCUT2D eigenvalue weighted by Gasteiger charge is -1.97. The molecule has 0 amide bonds. The van der Waals surface area contributed by atoms with Crippen molar-refractivity contribution in [3.63, 3.8) is 0 Å². The zero-order chi connectivity index (χ0) is 10.5. The summed E-state index contributed by atoms with van der Waals surface area (Å²) < 4.78 is 0. The molecule has 0 saturated heterocycles. The summed E-state index contributed by atoms with van der Waals surface area (Å²) in [5.74, 6) is 0. The largest absolute Gasteiger partial charge is 0.106 e. The maximum Gasteiger partial charge on any atom is -0.0351 e. The van der Waals surface area contributed by atoms with Crippen molar-refractivity contribution >= 4 is 0 Å². The van der Waals surface area contributed by atoms with E-state index in [-0.39, 0.29) is 0 Å². The van der Waals surface area contributed by atoms with Crippen LogP contribution in [0.15, 0.2) is 61.7 Å². The highest BCUT2D eigenvalue weighted by atomic mass is 13.9. The Labute approximate surface area is 88.0 Å². The molecule has 1 aromatic carbocycles. The van der Waals surface area contributed by atoms with Gasteiger partial charge in [-0.2, -0.15) is 0 Å². The van der Waals surface area contributed by atoms with E-state index in [4.69, 9.17) is 0 Å². The van der Waals surface area contributed by atoms with Crippen molar-refractivity contribution in [1.82, 2.24) is 0 Å². The topological polar surface area (TPSA) is 0 Å². The van der Waals surface area contributed by atoms with E-state index >= 15 is 0 Å². The maximum atomic E-state index is 3.00. The number of rotatable bonds is 0. The quantitative estimate of drug-likeness (QED) is 0.522. The Morgan fingerprint density at radius 1 is 0.571 bits per heavy atom. The van der Waals surface area contributed by atoms with Gasteiger partial charge in [-0.3, -0.25) is 0 Å². The van der Waals surface area contributed by atoms with Gasteiger partial charge in [-0.15, -0.1) is 13.2 Å². The smallest absolute Gasteiger partial charge is 0.0351 e. The summed E-state index contributed by atoms with van der Waals surface area (Å²) in [4.78, 5) is 0. The zero-order valence-electron chi connectivity index (χ0n) is 8.86. The van der Waals surface area contributed by atoms with Gasteiger partial charge in [0.25, 0.3) is 0 Å². The second-order valence-corrected chi connectivity index (χ2v) is 2.91. The van der Waals surface area contributed by atoms with Crippen molar-refractivity contribution in [2.45, 2.75) is 25.7 Å². The van der Waals surface area contributed by atoms with E-state index in [1.54, 1.807) is 0 Å².